The summed E-state index contributed by atoms with van der Waals surface area (Å²) in [5.74, 6) is 0.644. The quantitative estimate of drug-likeness (QED) is 0.709. The Morgan fingerprint density at radius 3 is 2.73 bits per heavy atom. The minimum Gasteiger partial charge on any atom is -0.347 e. The van der Waals surface area contributed by atoms with E-state index in [1.54, 1.807) is 12.3 Å². The third-order valence-corrected chi connectivity index (χ3v) is 5.43. The van der Waals surface area contributed by atoms with Crippen molar-refractivity contribution < 1.29 is 4.39 Å². The third-order valence-electron chi connectivity index (χ3n) is 5.19. The molecule has 5 nitrogen and oxygen atoms in total. The number of hydrogen-bond donors (Lipinski definition) is 0. The maximum Gasteiger partial charge on any atom is 0.148 e. The zero-order valence-corrected chi connectivity index (χ0v) is 14.8. The van der Waals surface area contributed by atoms with Gasteiger partial charge >= 0.3 is 0 Å². The van der Waals surface area contributed by atoms with Crippen molar-refractivity contribution in [3.63, 3.8) is 0 Å². The van der Waals surface area contributed by atoms with Crippen LogP contribution in [-0.2, 0) is 6.54 Å². The highest BCUT2D eigenvalue weighted by atomic mass is 35.5. The lowest BCUT2D eigenvalue weighted by Crippen LogP contribution is -2.69. The van der Waals surface area contributed by atoms with E-state index in [9.17, 15) is 4.39 Å². The Morgan fingerprint density at radius 1 is 1.08 bits per heavy atom. The first-order chi connectivity index (χ1) is 12.7. The maximum absolute atomic E-state index is 13.3. The monoisotopic (exact) mass is 369 g/mol. The van der Waals surface area contributed by atoms with Gasteiger partial charge in [-0.25, -0.2) is 9.37 Å². The maximum atomic E-state index is 13.3. The molecule has 0 amide bonds. The van der Waals surface area contributed by atoms with Crippen LogP contribution in [0, 0.1) is 5.82 Å². The van der Waals surface area contributed by atoms with Crippen molar-refractivity contribution in [3.05, 3.63) is 59.3 Å². The summed E-state index contributed by atoms with van der Waals surface area (Å²) < 4.78 is 13.3. The molecule has 5 heterocycles. The highest BCUT2D eigenvalue weighted by Crippen LogP contribution is 2.36. The molecule has 3 aliphatic heterocycles. The van der Waals surface area contributed by atoms with Gasteiger partial charge in [-0.2, -0.15) is 0 Å². The van der Waals surface area contributed by atoms with E-state index in [-0.39, 0.29) is 5.82 Å². The molecular weight excluding hydrogens is 353 g/mol. The van der Waals surface area contributed by atoms with Crippen molar-refractivity contribution in [1.29, 1.82) is 0 Å². The van der Waals surface area contributed by atoms with Crippen LogP contribution in [0.2, 0.25) is 5.02 Å². The summed E-state index contributed by atoms with van der Waals surface area (Å²) in [6.07, 6.45) is 5.98. The van der Waals surface area contributed by atoms with Gasteiger partial charge in [0.1, 0.15) is 11.6 Å². The highest BCUT2D eigenvalue weighted by molar-refractivity contribution is 6.31. The summed E-state index contributed by atoms with van der Waals surface area (Å²) in [4.78, 5) is 17.9. The molecule has 26 heavy (non-hydrogen) atoms. The molecule has 2 atom stereocenters. The number of aromatic nitrogens is 3. The molecule has 3 saturated heterocycles. The second-order valence-corrected chi connectivity index (χ2v) is 7.45. The molecule has 2 bridgehead atoms. The highest BCUT2D eigenvalue weighted by Gasteiger charge is 2.45. The molecule has 0 aliphatic carbocycles. The molecule has 2 unspecified atom stereocenters. The van der Waals surface area contributed by atoms with Gasteiger partial charge in [0.15, 0.2) is 0 Å². The molecule has 3 fully saturated rings. The van der Waals surface area contributed by atoms with Crippen LogP contribution in [0.1, 0.15) is 12.0 Å². The largest absolute Gasteiger partial charge is 0.347 e. The first kappa shape index (κ1) is 15.9. The van der Waals surface area contributed by atoms with E-state index >= 15 is 0 Å². The Morgan fingerprint density at radius 2 is 1.92 bits per heavy atom. The van der Waals surface area contributed by atoms with Gasteiger partial charge in [-0.05, 0) is 36.2 Å². The number of nitrogens with zero attached hydrogens (tertiary/aromatic N) is 5. The fraction of sp³-hybridized carbons (Fsp3) is 0.316. The van der Waals surface area contributed by atoms with Gasteiger partial charge in [-0.3, -0.25) is 14.9 Å². The second kappa shape index (κ2) is 6.14. The molecule has 7 heteroatoms. The number of piperidine rings is 1. The third kappa shape index (κ3) is 2.79. The van der Waals surface area contributed by atoms with Crippen LogP contribution in [0.3, 0.4) is 0 Å². The first-order valence-corrected chi connectivity index (χ1v) is 9.06. The number of hydrogen-bond acceptors (Lipinski definition) is 5. The Balaban J connectivity index is 1.32. The summed E-state index contributed by atoms with van der Waals surface area (Å²) in [5, 5.41) is 0.669. The number of anilines is 1. The van der Waals surface area contributed by atoms with Crippen LogP contribution in [0.4, 0.5) is 10.2 Å². The number of fused-ring (bicyclic) bond motifs is 3. The topological polar surface area (TPSA) is 45.2 Å². The fourth-order valence-corrected chi connectivity index (χ4v) is 4.27. The molecule has 0 spiro atoms. The van der Waals surface area contributed by atoms with Gasteiger partial charge in [0, 0.05) is 42.9 Å². The molecule has 1 aromatic carbocycles. The number of pyridine rings is 1. The molecule has 132 valence electrons. The van der Waals surface area contributed by atoms with Crippen molar-refractivity contribution in [2.24, 2.45) is 0 Å². The summed E-state index contributed by atoms with van der Waals surface area (Å²) in [6, 6.07) is 7.99. The summed E-state index contributed by atoms with van der Waals surface area (Å²) >= 11 is 6.02. The lowest BCUT2D eigenvalue weighted by molar-refractivity contribution is 0.107. The van der Waals surface area contributed by atoms with E-state index < -0.39 is 0 Å². The minimum absolute atomic E-state index is 0.280. The van der Waals surface area contributed by atoms with E-state index in [0.717, 1.165) is 48.5 Å². The van der Waals surface area contributed by atoms with Crippen LogP contribution >= 0.6 is 11.6 Å². The van der Waals surface area contributed by atoms with Crippen molar-refractivity contribution >= 4 is 28.5 Å². The molecular formula is C19H17ClFN5. The van der Waals surface area contributed by atoms with Crippen LogP contribution in [0.25, 0.3) is 11.0 Å². The van der Waals surface area contributed by atoms with Gasteiger partial charge in [0.2, 0.25) is 0 Å². The predicted octanol–water partition coefficient (Wildman–Crippen LogP) is 3.28. The van der Waals surface area contributed by atoms with E-state index in [4.69, 9.17) is 16.6 Å². The standard InChI is InChI=1S/C19H17ClFN5/c20-13-1-2-17-18(4-13)23-8-19(24-17)26-15-5-16(26)11-25(10-15)9-12-3-14(21)7-22-6-12/h1-4,6-8,15-16H,5,9-11H2. The molecule has 2 aromatic heterocycles. The second-order valence-electron chi connectivity index (χ2n) is 7.02. The Hall–Kier alpha value is -2.31. The predicted molar refractivity (Wildman–Crippen MR) is 98.7 cm³/mol. The molecule has 6 rings (SSSR count). The molecule has 3 aliphatic rings. The van der Waals surface area contributed by atoms with Gasteiger partial charge in [0.05, 0.1) is 23.4 Å². The van der Waals surface area contributed by atoms with Crippen LogP contribution in [0.15, 0.2) is 42.9 Å². The molecule has 0 radical (unpaired) electrons. The van der Waals surface area contributed by atoms with Gasteiger partial charge < -0.3 is 4.90 Å². The zero-order chi connectivity index (χ0) is 17.7. The number of piperazine rings is 1. The fourth-order valence-electron chi connectivity index (χ4n) is 4.10. The SMILES string of the molecule is Fc1cncc(CN2CC3CC(C2)N3c2cnc3cc(Cl)ccc3n2)c1. The van der Waals surface area contributed by atoms with Gasteiger partial charge in [-0.1, -0.05) is 11.6 Å². The number of rotatable bonds is 3. The minimum atomic E-state index is -0.280. The Labute approximate surface area is 155 Å². The zero-order valence-electron chi connectivity index (χ0n) is 14.0. The van der Waals surface area contributed by atoms with Gasteiger partial charge in [-0.15, -0.1) is 0 Å². The van der Waals surface area contributed by atoms with E-state index in [0.29, 0.717) is 17.1 Å². The van der Waals surface area contributed by atoms with Crippen molar-refractivity contribution in [1.82, 2.24) is 19.9 Å². The van der Waals surface area contributed by atoms with Crippen LogP contribution < -0.4 is 4.90 Å². The number of benzene rings is 1. The number of halogens is 2. The smallest absolute Gasteiger partial charge is 0.148 e. The van der Waals surface area contributed by atoms with Crippen LogP contribution in [-0.4, -0.2) is 45.0 Å². The molecule has 0 N–H and O–H groups in total. The van der Waals surface area contributed by atoms with Gasteiger partial charge in [0.25, 0.3) is 0 Å². The van der Waals surface area contributed by atoms with Crippen molar-refractivity contribution in [3.8, 4) is 0 Å². The summed E-state index contributed by atoms with van der Waals surface area (Å²) in [5.41, 5.74) is 2.59. The normalized spacial score (nSPS) is 22.5. The molecule has 0 saturated carbocycles. The van der Waals surface area contributed by atoms with E-state index in [1.165, 1.54) is 6.20 Å². The van der Waals surface area contributed by atoms with Crippen molar-refractivity contribution in [2.75, 3.05) is 18.0 Å². The lowest BCUT2D eigenvalue weighted by Gasteiger charge is -2.57. The van der Waals surface area contributed by atoms with E-state index in [2.05, 4.69) is 19.8 Å². The summed E-state index contributed by atoms with van der Waals surface area (Å²) in [7, 11) is 0. The molecule has 3 aromatic rings. The van der Waals surface area contributed by atoms with Crippen LogP contribution in [0.5, 0.6) is 0 Å². The average molecular weight is 370 g/mol. The summed E-state index contributed by atoms with van der Waals surface area (Å²) in [6.45, 7) is 2.61. The Bertz CT molecular complexity index is 969. The lowest BCUT2D eigenvalue weighted by atomic mass is 9.87. The first-order valence-electron chi connectivity index (χ1n) is 8.68. The van der Waals surface area contributed by atoms with Crippen molar-refractivity contribution in [2.45, 2.75) is 25.0 Å². The average Bonchev–Trinajstić information content (AvgIpc) is 2.62. The Kier molecular flexibility index (Phi) is 3.76. The van der Waals surface area contributed by atoms with E-state index in [1.807, 2.05) is 24.4 Å².